The Kier molecular flexibility index (Phi) is 3.14. The minimum atomic E-state index is -0.314. The van der Waals surface area contributed by atoms with Crippen molar-refractivity contribution in [2.24, 2.45) is 40.6 Å². The van der Waals surface area contributed by atoms with E-state index in [-0.39, 0.29) is 41.3 Å². The first-order valence-electron chi connectivity index (χ1n) is 9.58. The van der Waals surface area contributed by atoms with Gasteiger partial charge in [0, 0.05) is 5.56 Å². The number of imide groups is 1. The van der Waals surface area contributed by atoms with Crippen LogP contribution in [0.1, 0.15) is 12.2 Å². The van der Waals surface area contributed by atoms with Crippen molar-refractivity contribution in [1.82, 2.24) is 5.01 Å². The second-order valence-electron chi connectivity index (χ2n) is 8.10. The van der Waals surface area contributed by atoms with Crippen LogP contribution in [-0.2, 0) is 9.59 Å². The van der Waals surface area contributed by atoms with Crippen molar-refractivity contribution >= 4 is 18.0 Å². The number of allylic oxidation sites excluding steroid dienone is 2. The first-order chi connectivity index (χ1) is 13.6. The Hall–Kier alpha value is -3.02. The van der Waals surface area contributed by atoms with Gasteiger partial charge in [0.2, 0.25) is 0 Å². The molecule has 1 aromatic carbocycles. The summed E-state index contributed by atoms with van der Waals surface area (Å²) in [6.45, 7) is 0. The second-order valence-corrected chi connectivity index (χ2v) is 8.10. The van der Waals surface area contributed by atoms with Gasteiger partial charge < -0.3 is 4.42 Å². The maximum Gasteiger partial charge on any atom is 0.254 e. The smallest absolute Gasteiger partial charge is 0.254 e. The molecule has 6 heteroatoms. The van der Waals surface area contributed by atoms with Crippen LogP contribution >= 0.6 is 0 Å². The predicted octanol–water partition coefficient (Wildman–Crippen LogP) is 3.47. The highest BCUT2D eigenvalue weighted by Crippen LogP contribution is 2.65. The lowest BCUT2D eigenvalue weighted by atomic mass is 9.63. The summed E-state index contributed by atoms with van der Waals surface area (Å²) < 4.78 is 18.8. The van der Waals surface area contributed by atoms with Crippen LogP contribution in [0.2, 0.25) is 0 Å². The van der Waals surface area contributed by atoms with E-state index in [0.29, 0.717) is 23.4 Å². The van der Waals surface area contributed by atoms with E-state index in [0.717, 1.165) is 17.0 Å². The Bertz CT molecular complexity index is 1020. The highest BCUT2D eigenvalue weighted by molar-refractivity contribution is 6.06. The lowest BCUT2D eigenvalue weighted by Gasteiger charge is -2.37. The van der Waals surface area contributed by atoms with Crippen molar-refractivity contribution in [3.8, 4) is 11.3 Å². The molecule has 140 valence electrons. The quantitative estimate of drug-likeness (QED) is 0.468. The average Bonchev–Trinajstić information content (AvgIpc) is 3.34. The SMILES string of the molecule is O=C1[C@H]2[C@@H]3C=C[C@@H]([C@H]4C[C@H]34)[C@@H]2C(=O)N1/N=C\c1ccc(-c2ccc(F)cc2)o1. The van der Waals surface area contributed by atoms with Gasteiger partial charge in [-0.1, -0.05) is 12.2 Å². The molecule has 28 heavy (non-hydrogen) atoms. The maximum absolute atomic E-state index is 13.1. The number of furan rings is 1. The van der Waals surface area contributed by atoms with Gasteiger partial charge in [0.1, 0.15) is 17.3 Å². The number of halogens is 1. The van der Waals surface area contributed by atoms with E-state index < -0.39 is 0 Å². The Morgan fingerprint density at radius 1 is 0.964 bits per heavy atom. The maximum atomic E-state index is 13.1. The molecule has 2 amide bonds. The summed E-state index contributed by atoms with van der Waals surface area (Å²) in [5, 5.41) is 5.20. The third-order valence-electron chi connectivity index (χ3n) is 6.70. The van der Waals surface area contributed by atoms with Crippen molar-refractivity contribution in [3.63, 3.8) is 0 Å². The zero-order valence-electron chi connectivity index (χ0n) is 14.9. The van der Waals surface area contributed by atoms with Gasteiger partial charge in [-0.3, -0.25) is 9.59 Å². The van der Waals surface area contributed by atoms with Crippen molar-refractivity contribution in [1.29, 1.82) is 0 Å². The molecule has 7 rings (SSSR count). The Balaban J connectivity index is 1.24. The van der Waals surface area contributed by atoms with Crippen LogP contribution in [0.5, 0.6) is 0 Å². The van der Waals surface area contributed by atoms with Gasteiger partial charge in [-0.15, -0.1) is 0 Å². The summed E-state index contributed by atoms with van der Waals surface area (Å²) in [6.07, 6.45) is 6.81. The molecule has 6 atom stereocenters. The molecule has 5 nitrogen and oxygen atoms in total. The lowest BCUT2D eigenvalue weighted by Crippen LogP contribution is -2.40. The normalized spacial score (nSPS) is 35.0. The number of hydrazone groups is 1. The third kappa shape index (κ3) is 2.14. The fraction of sp³-hybridized carbons (Fsp3) is 0.318. The van der Waals surface area contributed by atoms with Gasteiger partial charge in [0.05, 0.1) is 18.1 Å². The average molecular weight is 376 g/mol. The topological polar surface area (TPSA) is 62.9 Å². The van der Waals surface area contributed by atoms with E-state index >= 15 is 0 Å². The molecule has 3 fully saturated rings. The summed E-state index contributed by atoms with van der Waals surface area (Å²) in [5.74, 6) is 1.30. The lowest BCUT2D eigenvalue weighted by molar-refractivity contribution is -0.140. The standard InChI is InChI=1S/C22H17FN2O3/c23-12-3-1-11(2-4-12)18-8-5-13(28-18)10-24-25-21(26)19-14-6-7-15(17-9-16(14)17)20(19)22(25)27/h1-8,10,14-17,19-20H,9H2/b24-10-/t14-,15+,16-,17-,19+,20+/m1/s1. The molecule has 4 aliphatic carbocycles. The minimum absolute atomic E-state index is 0.186. The van der Waals surface area contributed by atoms with E-state index in [1.807, 2.05) is 0 Å². The molecule has 2 saturated carbocycles. The van der Waals surface area contributed by atoms with Gasteiger partial charge in [-0.2, -0.15) is 10.1 Å². The number of rotatable bonds is 3. The van der Waals surface area contributed by atoms with Crippen LogP contribution in [-0.4, -0.2) is 23.0 Å². The van der Waals surface area contributed by atoms with Crippen molar-refractivity contribution < 1.29 is 18.4 Å². The van der Waals surface area contributed by atoms with Crippen molar-refractivity contribution in [2.45, 2.75) is 6.42 Å². The number of nitrogens with zero attached hydrogens (tertiary/aromatic N) is 2. The molecule has 1 saturated heterocycles. The fourth-order valence-corrected chi connectivity index (χ4v) is 5.36. The molecule has 2 aromatic rings. The van der Waals surface area contributed by atoms with E-state index in [9.17, 15) is 14.0 Å². The fourth-order valence-electron chi connectivity index (χ4n) is 5.36. The number of hydrogen-bond donors (Lipinski definition) is 0. The molecule has 5 aliphatic rings. The predicted molar refractivity (Wildman–Crippen MR) is 98.2 cm³/mol. The van der Waals surface area contributed by atoms with Gasteiger partial charge in [0.15, 0.2) is 0 Å². The number of hydrogen-bond acceptors (Lipinski definition) is 4. The van der Waals surface area contributed by atoms with E-state index in [4.69, 9.17) is 4.42 Å². The summed E-state index contributed by atoms with van der Waals surface area (Å²) in [4.78, 5) is 25.8. The largest absolute Gasteiger partial charge is 0.455 e. The molecule has 0 unspecified atom stereocenters. The highest BCUT2D eigenvalue weighted by atomic mass is 19.1. The molecule has 1 aliphatic heterocycles. The van der Waals surface area contributed by atoms with Crippen LogP contribution in [0, 0.1) is 41.3 Å². The van der Waals surface area contributed by atoms with Crippen molar-refractivity contribution in [2.75, 3.05) is 0 Å². The Morgan fingerprint density at radius 2 is 1.61 bits per heavy atom. The molecular formula is C22H17FN2O3. The number of amides is 2. The van der Waals surface area contributed by atoms with Gasteiger partial charge >= 0.3 is 0 Å². The summed E-state index contributed by atoms with van der Waals surface area (Å²) >= 11 is 0. The van der Waals surface area contributed by atoms with Crippen molar-refractivity contribution in [3.05, 3.63) is 60.1 Å². The van der Waals surface area contributed by atoms with E-state index in [1.54, 1.807) is 24.3 Å². The molecule has 0 N–H and O–H groups in total. The molecule has 1 aromatic heterocycles. The van der Waals surface area contributed by atoms with Gasteiger partial charge in [0.25, 0.3) is 11.8 Å². The first kappa shape index (κ1) is 16.0. The zero-order valence-corrected chi connectivity index (χ0v) is 14.9. The summed E-state index contributed by atoms with van der Waals surface area (Å²) in [5.41, 5.74) is 0.738. The zero-order chi connectivity index (χ0) is 19.0. The third-order valence-corrected chi connectivity index (χ3v) is 6.70. The van der Waals surface area contributed by atoms with Crippen LogP contribution < -0.4 is 0 Å². The molecule has 0 radical (unpaired) electrons. The number of carbonyl (C=O) groups is 2. The van der Waals surface area contributed by atoms with Crippen LogP contribution in [0.25, 0.3) is 11.3 Å². The number of benzene rings is 1. The number of carbonyl (C=O) groups excluding carboxylic acids is 2. The minimum Gasteiger partial charge on any atom is -0.455 e. The molecule has 2 bridgehead atoms. The van der Waals surface area contributed by atoms with E-state index in [1.165, 1.54) is 18.3 Å². The van der Waals surface area contributed by atoms with E-state index in [2.05, 4.69) is 17.3 Å². The molecule has 0 spiro atoms. The Morgan fingerprint density at radius 3 is 2.25 bits per heavy atom. The van der Waals surface area contributed by atoms with Gasteiger partial charge in [-0.25, -0.2) is 4.39 Å². The molecular weight excluding hydrogens is 359 g/mol. The molecule has 2 heterocycles. The van der Waals surface area contributed by atoms with Crippen LogP contribution in [0.4, 0.5) is 4.39 Å². The summed E-state index contributed by atoms with van der Waals surface area (Å²) in [7, 11) is 0. The van der Waals surface area contributed by atoms with Gasteiger partial charge in [-0.05, 0) is 66.5 Å². The first-order valence-corrected chi connectivity index (χ1v) is 9.58. The highest BCUT2D eigenvalue weighted by Gasteiger charge is 2.67. The monoisotopic (exact) mass is 376 g/mol. The van der Waals surface area contributed by atoms with Crippen LogP contribution in [0.3, 0.4) is 0 Å². The van der Waals surface area contributed by atoms with Crippen LogP contribution in [0.15, 0.2) is 58.1 Å². The Labute approximate surface area is 160 Å². The second kappa shape index (κ2) is 5.50. The summed E-state index contributed by atoms with van der Waals surface area (Å²) in [6, 6.07) is 9.44.